The van der Waals surface area contributed by atoms with Crippen molar-refractivity contribution in [1.29, 1.82) is 0 Å². The van der Waals surface area contributed by atoms with Crippen molar-refractivity contribution >= 4 is 15.9 Å². The van der Waals surface area contributed by atoms with Crippen LogP contribution in [-0.2, 0) is 15.6 Å². The number of carbonyl (C=O) groups is 1. The van der Waals surface area contributed by atoms with Gasteiger partial charge >= 0.3 is 0 Å². The van der Waals surface area contributed by atoms with Crippen LogP contribution in [0, 0.1) is 11.6 Å². The number of amides is 1. The Morgan fingerprint density at radius 1 is 1.06 bits per heavy atom. The molecule has 170 valence electrons. The van der Waals surface area contributed by atoms with Crippen molar-refractivity contribution in [3.05, 3.63) is 47.3 Å². The number of hydrogen-bond donors (Lipinski definition) is 0. The van der Waals surface area contributed by atoms with Crippen molar-refractivity contribution in [2.24, 2.45) is 0 Å². The number of hydrogen-bond acceptors (Lipinski definition) is 4. The lowest BCUT2D eigenvalue weighted by molar-refractivity contribution is 0.0690. The fourth-order valence-corrected chi connectivity index (χ4v) is 5.13. The molecule has 31 heavy (non-hydrogen) atoms. The molecule has 0 saturated carbocycles. The highest BCUT2D eigenvalue weighted by Crippen LogP contribution is 2.26. The highest BCUT2D eigenvalue weighted by molar-refractivity contribution is 7.89. The van der Waals surface area contributed by atoms with Gasteiger partial charge in [0, 0.05) is 31.9 Å². The maximum atomic E-state index is 14.0. The van der Waals surface area contributed by atoms with Crippen LogP contribution in [0.4, 0.5) is 8.78 Å². The molecular formula is C21H28F2N4O3S. The molecule has 7 nitrogen and oxygen atoms in total. The van der Waals surface area contributed by atoms with Gasteiger partial charge in [-0.15, -0.1) is 0 Å². The molecule has 1 amide bonds. The predicted molar refractivity (Wildman–Crippen MR) is 112 cm³/mol. The van der Waals surface area contributed by atoms with Gasteiger partial charge in [0.05, 0.1) is 5.54 Å². The lowest BCUT2D eigenvalue weighted by Crippen LogP contribution is -2.50. The average Bonchev–Trinajstić information content (AvgIpc) is 3.13. The number of carbonyl (C=O) groups excluding carboxylic acids is 1. The largest absolute Gasteiger partial charge is 0.335 e. The molecule has 1 aromatic carbocycles. The van der Waals surface area contributed by atoms with E-state index in [1.54, 1.807) is 6.07 Å². The van der Waals surface area contributed by atoms with E-state index in [1.165, 1.54) is 4.90 Å². The molecule has 0 unspecified atom stereocenters. The Hall–Kier alpha value is -2.33. The van der Waals surface area contributed by atoms with Crippen LogP contribution >= 0.6 is 0 Å². The minimum absolute atomic E-state index is 0.0567. The minimum Gasteiger partial charge on any atom is -0.335 e. The first-order valence-electron chi connectivity index (χ1n) is 10.2. The molecule has 2 aromatic rings. The third-order valence-corrected chi connectivity index (χ3v) is 7.18. The van der Waals surface area contributed by atoms with E-state index in [0.717, 1.165) is 28.2 Å². The second kappa shape index (κ2) is 8.31. The summed E-state index contributed by atoms with van der Waals surface area (Å²) in [6.07, 6.45) is 0. The van der Waals surface area contributed by atoms with Crippen LogP contribution < -0.4 is 0 Å². The van der Waals surface area contributed by atoms with Crippen molar-refractivity contribution in [3.8, 4) is 0 Å². The van der Waals surface area contributed by atoms with Crippen LogP contribution in [-0.4, -0.2) is 59.5 Å². The first kappa shape index (κ1) is 23.3. The van der Waals surface area contributed by atoms with E-state index in [1.807, 2.05) is 39.3 Å². The molecule has 1 aliphatic heterocycles. The Bertz CT molecular complexity index is 1060. The molecule has 3 rings (SSSR count). The number of sulfonamides is 1. The van der Waals surface area contributed by atoms with Gasteiger partial charge in [0.2, 0.25) is 10.0 Å². The van der Waals surface area contributed by atoms with Crippen molar-refractivity contribution in [2.45, 2.75) is 51.0 Å². The summed E-state index contributed by atoms with van der Waals surface area (Å²) in [6.45, 7) is 10.2. The lowest BCUT2D eigenvalue weighted by atomic mass is 10.1. The van der Waals surface area contributed by atoms with Crippen molar-refractivity contribution in [3.63, 3.8) is 0 Å². The van der Waals surface area contributed by atoms with Crippen LogP contribution in [0.15, 0.2) is 29.2 Å². The molecule has 1 aromatic heterocycles. The summed E-state index contributed by atoms with van der Waals surface area (Å²) in [5, 5.41) is 4.51. The molecule has 1 saturated heterocycles. The number of benzene rings is 1. The van der Waals surface area contributed by atoms with E-state index in [-0.39, 0.29) is 43.5 Å². The number of halogens is 2. The third kappa shape index (κ3) is 4.50. The highest BCUT2D eigenvalue weighted by atomic mass is 32.2. The molecule has 1 fully saturated rings. The molecule has 0 spiro atoms. The second-order valence-electron chi connectivity index (χ2n) is 8.94. The van der Waals surface area contributed by atoms with Crippen LogP contribution in [0.5, 0.6) is 0 Å². The lowest BCUT2D eigenvalue weighted by Gasteiger charge is -2.33. The highest BCUT2D eigenvalue weighted by Gasteiger charge is 2.35. The smallest absolute Gasteiger partial charge is 0.274 e. The van der Waals surface area contributed by atoms with Gasteiger partial charge in [0.15, 0.2) is 10.6 Å². The molecule has 0 bridgehead atoms. The fourth-order valence-electron chi connectivity index (χ4n) is 3.60. The summed E-state index contributed by atoms with van der Waals surface area (Å²) in [6, 6.07) is 4.71. The standard InChI is InChI=1S/C21H28F2N4O3S/c1-14(2)18-13-17(24-27(18)21(3,4)5)20(28)25-9-11-26(12-10-25)31(29,30)19-15(22)7-6-8-16(19)23/h6-8,13-14H,9-12H2,1-5H3. The van der Waals surface area contributed by atoms with Gasteiger partial charge in [-0.3, -0.25) is 9.48 Å². The van der Waals surface area contributed by atoms with Crippen LogP contribution in [0.3, 0.4) is 0 Å². The first-order valence-corrected chi connectivity index (χ1v) is 11.6. The van der Waals surface area contributed by atoms with Gasteiger partial charge in [0.25, 0.3) is 5.91 Å². The van der Waals surface area contributed by atoms with Crippen molar-refractivity contribution in [1.82, 2.24) is 19.0 Å². The summed E-state index contributed by atoms with van der Waals surface area (Å²) >= 11 is 0. The molecule has 0 atom stereocenters. The summed E-state index contributed by atoms with van der Waals surface area (Å²) in [4.78, 5) is 13.6. The Kier molecular flexibility index (Phi) is 6.25. The molecule has 2 heterocycles. The van der Waals surface area contributed by atoms with E-state index in [0.29, 0.717) is 5.69 Å². The average molecular weight is 455 g/mol. The molecule has 1 aliphatic rings. The Balaban J connectivity index is 1.78. The van der Waals surface area contributed by atoms with Gasteiger partial charge in [-0.05, 0) is 44.9 Å². The van der Waals surface area contributed by atoms with E-state index in [2.05, 4.69) is 5.10 Å². The summed E-state index contributed by atoms with van der Waals surface area (Å²) in [5.41, 5.74) is 0.941. The second-order valence-corrected chi connectivity index (χ2v) is 10.8. The Morgan fingerprint density at radius 2 is 1.61 bits per heavy atom. The van der Waals surface area contributed by atoms with Crippen LogP contribution in [0.1, 0.15) is 56.7 Å². The summed E-state index contributed by atoms with van der Waals surface area (Å²) < 4.78 is 56.3. The molecular weight excluding hydrogens is 426 g/mol. The Morgan fingerprint density at radius 3 is 2.06 bits per heavy atom. The van der Waals surface area contributed by atoms with Gasteiger partial charge in [-0.1, -0.05) is 19.9 Å². The van der Waals surface area contributed by atoms with E-state index in [4.69, 9.17) is 0 Å². The van der Waals surface area contributed by atoms with Gasteiger partial charge in [0.1, 0.15) is 11.6 Å². The Labute approximate surface area is 181 Å². The molecule has 0 radical (unpaired) electrons. The normalized spacial score (nSPS) is 16.2. The van der Waals surface area contributed by atoms with Gasteiger partial charge in [-0.2, -0.15) is 9.40 Å². The van der Waals surface area contributed by atoms with E-state index in [9.17, 15) is 22.0 Å². The maximum absolute atomic E-state index is 14.0. The number of nitrogens with zero attached hydrogens (tertiary/aromatic N) is 4. The SMILES string of the molecule is CC(C)c1cc(C(=O)N2CCN(S(=O)(=O)c3c(F)cccc3F)CC2)nn1C(C)(C)C. The van der Waals surface area contributed by atoms with E-state index >= 15 is 0 Å². The van der Waals surface area contributed by atoms with Gasteiger partial charge in [-0.25, -0.2) is 17.2 Å². The zero-order chi connectivity index (χ0) is 23.1. The van der Waals surface area contributed by atoms with Crippen molar-refractivity contribution < 1.29 is 22.0 Å². The number of rotatable bonds is 4. The third-order valence-electron chi connectivity index (χ3n) is 5.23. The molecule has 0 aliphatic carbocycles. The summed E-state index contributed by atoms with van der Waals surface area (Å²) in [5.74, 6) is -2.38. The van der Waals surface area contributed by atoms with E-state index < -0.39 is 26.6 Å². The summed E-state index contributed by atoms with van der Waals surface area (Å²) in [7, 11) is -4.34. The van der Waals surface area contributed by atoms with Gasteiger partial charge < -0.3 is 4.90 Å². The van der Waals surface area contributed by atoms with Crippen LogP contribution in [0.2, 0.25) is 0 Å². The first-order chi connectivity index (χ1) is 14.3. The van der Waals surface area contributed by atoms with Crippen molar-refractivity contribution in [2.75, 3.05) is 26.2 Å². The maximum Gasteiger partial charge on any atom is 0.274 e. The number of aromatic nitrogens is 2. The monoisotopic (exact) mass is 454 g/mol. The topological polar surface area (TPSA) is 75.5 Å². The quantitative estimate of drug-likeness (QED) is 0.711. The number of piperazine rings is 1. The molecule has 10 heteroatoms. The zero-order valence-corrected chi connectivity index (χ0v) is 19.2. The minimum atomic E-state index is -4.34. The fraction of sp³-hybridized carbons (Fsp3) is 0.524. The zero-order valence-electron chi connectivity index (χ0n) is 18.4. The van der Waals surface area contributed by atoms with Crippen LogP contribution in [0.25, 0.3) is 0 Å². The predicted octanol–water partition coefficient (Wildman–Crippen LogP) is 3.19. The molecule has 0 N–H and O–H groups in total.